The number of rotatable bonds is 5. The zero-order valence-corrected chi connectivity index (χ0v) is 31.9. The van der Waals surface area contributed by atoms with Crippen molar-refractivity contribution >= 4 is 177 Å². The lowest BCUT2D eigenvalue weighted by atomic mass is 9.60. The lowest BCUT2D eigenvalue weighted by Crippen LogP contribution is -2.55. The molecule has 20 radical (unpaired) electrons. The lowest BCUT2D eigenvalue weighted by molar-refractivity contribution is 0.669. The highest BCUT2D eigenvalue weighted by atomic mass is 16.3. The molecule has 3 heterocycles. The maximum atomic E-state index is 6.54. The van der Waals surface area contributed by atoms with Crippen molar-refractivity contribution in [1.29, 1.82) is 0 Å². The normalized spacial score (nSPS) is 11.7. The van der Waals surface area contributed by atoms with Gasteiger partial charge in [0.2, 0.25) is 0 Å². The fourth-order valence-electron chi connectivity index (χ4n) is 8.11. The Morgan fingerprint density at radius 1 is 0.383 bits per heavy atom. The first kappa shape index (κ1) is 38.0. The van der Waals surface area contributed by atoms with Crippen molar-refractivity contribution in [3.05, 3.63) is 109 Å². The lowest BCUT2D eigenvalue weighted by Gasteiger charge is -2.22. The van der Waals surface area contributed by atoms with Gasteiger partial charge in [0, 0.05) is 43.9 Å². The first-order valence-electron chi connectivity index (χ1n) is 18.8. The summed E-state index contributed by atoms with van der Waals surface area (Å²) in [5, 5.41) is 4.12. The number of fused-ring (bicyclic) bond motifs is 6. The largest absolute Gasteiger partial charge is 0.456 e. The third kappa shape index (κ3) is 5.73. The number of aromatic nitrogens is 4. The summed E-state index contributed by atoms with van der Waals surface area (Å²) in [6, 6.07) is 37.1. The molecule has 3 aromatic heterocycles. The molecule has 0 N–H and O–H groups in total. The van der Waals surface area contributed by atoms with Gasteiger partial charge in [0.25, 0.3) is 0 Å². The number of hydrogen-bond acceptors (Lipinski definition) is 4. The van der Waals surface area contributed by atoms with E-state index in [0.29, 0.717) is 16.7 Å². The van der Waals surface area contributed by atoms with Gasteiger partial charge in [-0.05, 0) is 59.7 Å². The highest BCUT2D eigenvalue weighted by Crippen LogP contribution is 2.40. The van der Waals surface area contributed by atoms with Gasteiger partial charge in [-0.2, -0.15) is 0 Å². The van der Waals surface area contributed by atoms with Gasteiger partial charge < -0.3 is 8.98 Å². The van der Waals surface area contributed by atoms with E-state index in [1.165, 1.54) is 0 Å². The van der Waals surface area contributed by atoms with Crippen LogP contribution in [0.2, 0.25) is 0 Å². The Kier molecular flexibility index (Phi) is 9.02. The molecule has 0 aliphatic rings. The predicted molar refractivity (Wildman–Crippen MR) is 257 cm³/mol. The maximum absolute atomic E-state index is 6.54. The second-order valence-electron chi connectivity index (χ2n) is 14.6. The van der Waals surface area contributed by atoms with Crippen molar-refractivity contribution in [2.75, 3.05) is 0 Å². The third-order valence-electron chi connectivity index (χ3n) is 11.2. The van der Waals surface area contributed by atoms with Gasteiger partial charge in [0.05, 0.1) is 11.0 Å². The van der Waals surface area contributed by atoms with Gasteiger partial charge in [-0.15, -0.1) is 32.8 Å². The average Bonchev–Trinajstić information content (AvgIpc) is 3.82. The van der Waals surface area contributed by atoms with E-state index in [9.17, 15) is 0 Å². The molecule has 10 rings (SSSR count). The molecule has 0 saturated carbocycles. The van der Waals surface area contributed by atoms with Crippen LogP contribution >= 0.6 is 0 Å². The molecule has 0 amide bonds. The molecule has 5 nitrogen and oxygen atoms in total. The summed E-state index contributed by atoms with van der Waals surface area (Å²) in [5.74, 6) is 0.192. The van der Waals surface area contributed by atoms with Gasteiger partial charge in [-0.3, -0.25) is 0 Å². The van der Waals surface area contributed by atoms with Crippen LogP contribution in [-0.4, -0.2) is 98.0 Å². The molecule has 7 aromatic carbocycles. The fourth-order valence-corrected chi connectivity index (χ4v) is 8.11. The van der Waals surface area contributed by atoms with E-state index in [1.54, 1.807) is 0 Å². The van der Waals surface area contributed by atoms with Gasteiger partial charge in [0.1, 0.15) is 89.6 Å². The molecule has 0 aliphatic heterocycles. The number of nitrogens with zero attached hydrogens (tertiary/aromatic N) is 4. The zero-order valence-electron chi connectivity index (χ0n) is 31.9. The van der Waals surface area contributed by atoms with E-state index < -0.39 is 0 Å². The van der Waals surface area contributed by atoms with Crippen LogP contribution in [0.4, 0.5) is 0 Å². The van der Waals surface area contributed by atoms with Crippen LogP contribution in [-0.2, 0) is 0 Å². The molecule has 0 saturated heterocycles. The monoisotopic (exact) mass is 740 g/mol. The number of hydrogen-bond donors (Lipinski definition) is 0. The van der Waals surface area contributed by atoms with E-state index in [-0.39, 0.29) is 83.2 Å². The minimum Gasteiger partial charge on any atom is -0.456 e. The van der Waals surface area contributed by atoms with Gasteiger partial charge in [0.15, 0.2) is 17.5 Å². The molecule has 0 aliphatic carbocycles. The minimum atomic E-state index is 0.00664. The minimum absolute atomic E-state index is 0.00664. The number of benzene rings is 7. The Labute approximate surface area is 359 Å². The Morgan fingerprint density at radius 3 is 1.55 bits per heavy atom. The van der Waals surface area contributed by atoms with E-state index >= 15 is 0 Å². The van der Waals surface area contributed by atoms with Crippen molar-refractivity contribution in [3.63, 3.8) is 0 Å². The summed E-state index contributed by atoms with van der Waals surface area (Å²) in [7, 11) is 63.3. The predicted octanol–water partition coefficient (Wildman–Crippen LogP) is -0.526. The molecule has 0 unspecified atom stereocenters. The SMILES string of the molecule is [B]c1c([B])c([B])c(-c2nc(-c3ccc4c(c3)oc3cccc(-c5ccc6c(c5)c5ccccc5n6-c5ccccc5)c34)nc(-c3c([B])c([B])c([B])c([B])c3[B])n2)c([B])c1[B]. The molecule has 0 bridgehead atoms. The molecular formula is C45H18B10N4O. The van der Waals surface area contributed by atoms with Crippen LogP contribution in [0.25, 0.3) is 94.7 Å². The Balaban J connectivity index is 1.16. The van der Waals surface area contributed by atoms with Crippen molar-refractivity contribution < 1.29 is 4.42 Å². The van der Waals surface area contributed by atoms with Crippen LogP contribution < -0.4 is 54.6 Å². The maximum Gasteiger partial charge on any atom is 0.164 e. The quantitative estimate of drug-likeness (QED) is 0.223. The van der Waals surface area contributed by atoms with E-state index in [4.69, 9.17) is 97.8 Å². The highest BCUT2D eigenvalue weighted by molar-refractivity contribution is 6.70. The first-order chi connectivity index (χ1) is 28.9. The smallest absolute Gasteiger partial charge is 0.164 e. The third-order valence-corrected chi connectivity index (χ3v) is 11.2. The molecule has 60 heavy (non-hydrogen) atoms. The van der Waals surface area contributed by atoms with Gasteiger partial charge >= 0.3 is 0 Å². The summed E-state index contributed by atoms with van der Waals surface area (Å²) in [5.41, 5.74) is 7.66. The van der Waals surface area contributed by atoms with Crippen LogP contribution in [0, 0.1) is 0 Å². The summed E-state index contributed by atoms with van der Waals surface area (Å²) >= 11 is 0. The van der Waals surface area contributed by atoms with Gasteiger partial charge in [-0.25, -0.2) is 15.0 Å². The Hall–Kier alpha value is -6.20. The molecule has 10 aromatic rings. The Morgan fingerprint density at radius 2 is 0.917 bits per heavy atom. The highest BCUT2D eigenvalue weighted by Gasteiger charge is 2.22. The zero-order chi connectivity index (χ0) is 41.7. The van der Waals surface area contributed by atoms with E-state index in [1.807, 2.05) is 36.4 Å². The molecule has 0 spiro atoms. The van der Waals surface area contributed by atoms with Gasteiger partial charge in [-0.1, -0.05) is 82.5 Å². The van der Waals surface area contributed by atoms with Crippen LogP contribution in [0.5, 0.6) is 0 Å². The molecule has 254 valence electrons. The van der Waals surface area contributed by atoms with Crippen LogP contribution in [0.1, 0.15) is 0 Å². The standard InChI is InChI=1S/C45H18B10N4O/c46-33-31(34(47)38(51)41(54)37(33)50)44-56-43(57-45(58-44)32-35(48)39(52)42(55)40(53)36(32)49)20-13-15-24-29(18-20)60-28-12-6-10-22(30(24)28)19-14-16-27-25(17-19)23-9-4-5-11-26(23)59(27)21-7-2-1-3-8-21/h1-18H. The van der Waals surface area contributed by atoms with Crippen LogP contribution in [0.15, 0.2) is 114 Å². The Bertz CT molecular complexity index is 3310. The topological polar surface area (TPSA) is 56.7 Å². The summed E-state index contributed by atoms with van der Waals surface area (Å²) in [6.07, 6.45) is 0. The van der Waals surface area contributed by atoms with E-state index in [0.717, 1.165) is 49.4 Å². The van der Waals surface area contributed by atoms with E-state index in [2.05, 4.69) is 77.4 Å². The van der Waals surface area contributed by atoms with Crippen molar-refractivity contribution in [2.24, 2.45) is 0 Å². The van der Waals surface area contributed by atoms with Crippen LogP contribution in [0.3, 0.4) is 0 Å². The average molecular weight is 739 g/mol. The summed E-state index contributed by atoms with van der Waals surface area (Å²) < 4.78 is 8.84. The molecule has 0 fully saturated rings. The molecular weight excluding hydrogens is 721 g/mol. The van der Waals surface area contributed by atoms with Crippen molar-refractivity contribution in [1.82, 2.24) is 19.5 Å². The summed E-state index contributed by atoms with van der Waals surface area (Å²) in [4.78, 5) is 14.3. The molecule has 0 atom stereocenters. The van der Waals surface area contributed by atoms with Crippen molar-refractivity contribution in [3.8, 4) is 51.0 Å². The summed E-state index contributed by atoms with van der Waals surface area (Å²) in [6.45, 7) is 0. The second-order valence-corrected chi connectivity index (χ2v) is 14.6. The van der Waals surface area contributed by atoms with Crippen molar-refractivity contribution in [2.45, 2.75) is 0 Å². The number of para-hydroxylation sites is 2. The second kappa shape index (κ2) is 14.2. The first-order valence-corrected chi connectivity index (χ1v) is 18.8. The fraction of sp³-hybridized carbons (Fsp3) is 0. The number of furan rings is 1. The molecule has 15 heteroatoms.